The van der Waals surface area contributed by atoms with Crippen molar-refractivity contribution in [3.63, 3.8) is 0 Å². The first kappa shape index (κ1) is 15.8. The molecule has 6 heteroatoms. The summed E-state index contributed by atoms with van der Waals surface area (Å²) in [6.07, 6.45) is 3.36. The monoisotopic (exact) mass is 271 g/mol. The third-order valence-electron chi connectivity index (χ3n) is 4.31. The number of likely N-dealkylation sites (N-methyl/N-ethyl adjacent to an activating group) is 1. The zero-order valence-electron chi connectivity index (χ0n) is 12.2. The molecule has 0 aromatic carbocycles. The number of hydrogen-bond acceptors (Lipinski definition) is 3. The van der Waals surface area contributed by atoms with Crippen LogP contribution in [0.1, 0.15) is 33.1 Å². The Labute approximate surface area is 114 Å². The van der Waals surface area contributed by atoms with Gasteiger partial charge in [-0.3, -0.25) is 4.79 Å². The Bertz CT molecular complexity index is 340. The number of nitrogens with zero attached hydrogens (tertiary/aromatic N) is 1. The van der Waals surface area contributed by atoms with E-state index < -0.39 is 17.9 Å². The van der Waals surface area contributed by atoms with Crippen molar-refractivity contribution in [3.8, 4) is 0 Å². The fourth-order valence-corrected chi connectivity index (χ4v) is 2.21. The van der Waals surface area contributed by atoms with E-state index in [0.717, 1.165) is 12.8 Å². The first-order chi connectivity index (χ1) is 8.78. The van der Waals surface area contributed by atoms with Gasteiger partial charge < -0.3 is 20.6 Å². The van der Waals surface area contributed by atoms with E-state index in [0.29, 0.717) is 6.54 Å². The van der Waals surface area contributed by atoms with Crippen LogP contribution in [-0.4, -0.2) is 54.2 Å². The van der Waals surface area contributed by atoms with E-state index in [9.17, 15) is 9.59 Å². The van der Waals surface area contributed by atoms with E-state index in [-0.39, 0.29) is 11.6 Å². The normalized spacial score (nSPS) is 20.3. The Kier molecular flexibility index (Phi) is 5.17. The molecule has 2 amide bonds. The number of rotatable bonds is 6. The number of aliphatic carboxylic acids is 1. The zero-order valence-corrected chi connectivity index (χ0v) is 12.2. The topological polar surface area (TPSA) is 81.7 Å². The standard InChI is InChI=1S/C13H25N3O3/c1-9(11(17)18)10(2)15-12(19)14-8-13(16(3)4)6-5-7-13/h9-10H,5-8H2,1-4H3,(H,17,18)(H2,14,15,19). The predicted octanol–water partition coefficient (Wildman–Crippen LogP) is 0.879. The minimum Gasteiger partial charge on any atom is -0.481 e. The van der Waals surface area contributed by atoms with Gasteiger partial charge in [-0.25, -0.2) is 4.79 Å². The number of hydrogen-bond donors (Lipinski definition) is 3. The summed E-state index contributed by atoms with van der Waals surface area (Å²) in [4.78, 5) is 24.7. The van der Waals surface area contributed by atoms with Crippen molar-refractivity contribution in [3.05, 3.63) is 0 Å². The van der Waals surface area contributed by atoms with Gasteiger partial charge in [0.1, 0.15) is 0 Å². The average Bonchev–Trinajstić information content (AvgIpc) is 2.25. The van der Waals surface area contributed by atoms with E-state index in [1.165, 1.54) is 6.42 Å². The Morgan fingerprint density at radius 1 is 1.32 bits per heavy atom. The molecule has 110 valence electrons. The van der Waals surface area contributed by atoms with E-state index in [4.69, 9.17) is 5.11 Å². The lowest BCUT2D eigenvalue weighted by Crippen LogP contribution is -2.58. The maximum Gasteiger partial charge on any atom is 0.315 e. The maximum absolute atomic E-state index is 11.8. The molecule has 19 heavy (non-hydrogen) atoms. The molecule has 0 aromatic heterocycles. The molecule has 1 aliphatic carbocycles. The summed E-state index contributed by atoms with van der Waals surface area (Å²) in [6, 6.07) is -0.692. The van der Waals surface area contributed by atoms with Crippen LogP contribution < -0.4 is 10.6 Å². The third kappa shape index (κ3) is 3.83. The van der Waals surface area contributed by atoms with Crippen LogP contribution in [-0.2, 0) is 4.79 Å². The molecule has 2 unspecified atom stereocenters. The number of carboxylic acid groups (broad SMARTS) is 1. The van der Waals surface area contributed by atoms with E-state index in [2.05, 4.69) is 15.5 Å². The molecule has 1 fully saturated rings. The Hall–Kier alpha value is -1.30. The molecule has 1 aliphatic rings. The highest BCUT2D eigenvalue weighted by atomic mass is 16.4. The second-order valence-electron chi connectivity index (χ2n) is 5.71. The van der Waals surface area contributed by atoms with Crippen LogP contribution in [0.5, 0.6) is 0 Å². The van der Waals surface area contributed by atoms with Gasteiger partial charge in [-0.05, 0) is 47.2 Å². The molecule has 0 aromatic rings. The second-order valence-corrected chi connectivity index (χ2v) is 5.71. The highest BCUT2D eigenvalue weighted by Gasteiger charge is 2.39. The molecule has 1 rings (SSSR count). The lowest BCUT2D eigenvalue weighted by molar-refractivity contribution is -0.141. The van der Waals surface area contributed by atoms with Crippen molar-refractivity contribution >= 4 is 12.0 Å². The van der Waals surface area contributed by atoms with Gasteiger partial charge >= 0.3 is 12.0 Å². The smallest absolute Gasteiger partial charge is 0.315 e. The molecule has 0 saturated heterocycles. The largest absolute Gasteiger partial charge is 0.481 e. The Morgan fingerprint density at radius 3 is 2.26 bits per heavy atom. The molecule has 3 N–H and O–H groups in total. The molecular weight excluding hydrogens is 246 g/mol. The van der Waals surface area contributed by atoms with Crippen LogP contribution in [0, 0.1) is 5.92 Å². The van der Waals surface area contributed by atoms with Crippen LogP contribution >= 0.6 is 0 Å². The van der Waals surface area contributed by atoms with Gasteiger partial charge in [0.15, 0.2) is 0 Å². The third-order valence-corrected chi connectivity index (χ3v) is 4.31. The van der Waals surface area contributed by atoms with E-state index >= 15 is 0 Å². The summed E-state index contributed by atoms with van der Waals surface area (Å²) in [5, 5.41) is 14.4. The number of carboxylic acids is 1. The highest BCUT2D eigenvalue weighted by molar-refractivity contribution is 5.76. The lowest BCUT2D eigenvalue weighted by atomic mass is 9.75. The van der Waals surface area contributed by atoms with Gasteiger partial charge in [0, 0.05) is 18.1 Å². The molecule has 6 nitrogen and oxygen atoms in total. The van der Waals surface area contributed by atoms with Gasteiger partial charge in [0.05, 0.1) is 5.92 Å². The summed E-state index contributed by atoms with van der Waals surface area (Å²) in [5.74, 6) is -1.51. The summed E-state index contributed by atoms with van der Waals surface area (Å²) in [5.41, 5.74) is 0.0684. The van der Waals surface area contributed by atoms with Crippen LogP contribution in [0.4, 0.5) is 4.79 Å². The average molecular weight is 271 g/mol. The summed E-state index contributed by atoms with van der Waals surface area (Å²) in [6.45, 7) is 3.88. The highest BCUT2D eigenvalue weighted by Crippen LogP contribution is 2.35. The zero-order chi connectivity index (χ0) is 14.6. The van der Waals surface area contributed by atoms with Gasteiger partial charge in [0.25, 0.3) is 0 Å². The Balaban J connectivity index is 2.37. The number of nitrogens with one attached hydrogen (secondary N) is 2. The molecule has 0 bridgehead atoms. The van der Waals surface area contributed by atoms with Crippen molar-refractivity contribution in [2.45, 2.75) is 44.7 Å². The van der Waals surface area contributed by atoms with E-state index in [1.54, 1.807) is 13.8 Å². The van der Waals surface area contributed by atoms with Crippen molar-refractivity contribution in [1.29, 1.82) is 0 Å². The van der Waals surface area contributed by atoms with Crippen molar-refractivity contribution in [1.82, 2.24) is 15.5 Å². The van der Waals surface area contributed by atoms with Crippen LogP contribution in [0.25, 0.3) is 0 Å². The predicted molar refractivity (Wildman–Crippen MR) is 73.1 cm³/mol. The van der Waals surface area contributed by atoms with Crippen LogP contribution in [0.2, 0.25) is 0 Å². The maximum atomic E-state index is 11.8. The molecule has 0 heterocycles. The van der Waals surface area contributed by atoms with E-state index in [1.807, 2.05) is 14.1 Å². The summed E-state index contributed by atoms with van der Waals surface area (Å²) >= 11 is 0. The lowest BCUT2D eigenvalue weighted by Gasteiger charge is -2.47. The van der Waals surface area contributed by atoms with Crippen LogP contribution in [0.15, 0.2) is 0 Å². The molecule has 0 radical (unpaired) electrons. The van der Waals surface area contributed by atoms with Gasteiger partial charge in [-0.1, -0.05) is 0 Å². The summed E-state index contributed by atoms with van der Waals surface area (Å²) in [7, 11) is 4.04. The number of urea groups is 1. The van der Waals surface area contributed by atoms with Gasteiger partial charge in [-0.2, -0.15) is 0 Å². The SMILES string of the molecule is CC(NC(=O)NCC1(N(C)C)CCC1)C(C)C(=O)O. The van der Waals surface area contributed by atoms with Gasteiger partial charge in [0.2, 0.25) is 0 Å². The molecular formula is C13H25N3O3. The minimum atomic E-state index is -0.906. The second kappa shape index (κ2) is 6.23. The minimum absolute atomic E-state index is 0.0684. The number of amides is 2. The van der Waals surface area contributed by atoms with Crippen molar-refractivity contribution < 1.29 is 14.7 Å². The number of carbonyl (C=O) groups is 2. The first-order valence-corrected chi connectivity index (χ1v) is 6.73. The molecule has 0 spiro atoms. The molecule has 0 aliphatic heterocycles. The quantitative estimate of drug-likeness (QED) is 0.670. The van der Waals surface area contributed by atoms with Crippen molar-refractivity contribution in [2.24, 2.45) is 5.92 Å². The fraction of sp³-hybridized carbons (Fsp3) is 0.846. The first-order valence-electron chi connectivity index (χ1n) is 6.73. The van der Waals surface area contributed by atoms with Crippen LogP contribution in [0.3, 0.4) is 0 Å². The van der Waals surface area contributed by atoms with Gasteiger partial charge in [-0.15, -0.1) is 0 Å². The number of carbonyl (C=O) groups excluding carboxylic acids is 1. The summed E-state index contributed by atoms with van der Waals surface area (Å²) < 4.78 is 0. The van der Waals surface area contributed by atoms with Crippen molar-refractivity contribution in [2.75, 3.05) is 20.6 Å². The Morgan fingerprint density at radius 2 is 1.89 bits per heavy atom. The molecule has 2 atom stereocenters. The molecule has 1 saturated carbocycles. The fourth-order valence-electron chi connectivity index (χ4n) is 2.21.